The number of halogens is 3. The monoisotopic (exact) mass is 362 g/mol. The molecule has 2 heterocycles. The van der Waals surface area contributed by atoms with E-state index in [2.05, 4.69) is 5.32 Å². The Labute approximate surface area is 148 Å². The molecule has 0 saturated carbocycles. The fourth-order valence-electron chi connectivity index (χ4n) is 3.38. The molecule has 0 bridgehead atoms. The van der Waals surface area contributed by atoms with Crippen molar-refractivity contribution in [2.75, 3.05) is 6.54 Å². The summed E-state index contributed by atoms with van der Waals surface area (Å²) in [6, 6.07) is 8.16. The molecule has 0 unspecified atom stereocenters. The van der Waals surface area contributed by atoms with Gasteiger partial charge < -0.3 is 9.88 Å². The van der Waals surface area contributed by atoms with Crippen molar-refractivity contribution in [2.24, 2.45) is 0 Å². The van der Waals surface area contributed by atoms with Gasteiger partial charge in [0.25, 0.3) is 5.91 Å². The van der Waals surface area contributed by atoms with E-state index in [-0.39, 0.29) is 11.7 Å². The van der Waals surface area contributed by atoms with Crippen LogP contribution in [0, 0.1) is 12.7 Å². The first kappa shape index (κ1) is 15.5. The Kier molecular flexibility index (Phi) is 3.55. The first-order chi connectivity index (χ1) is 11.5. The zero-order valence-corrected chi connectivity index (χ0v) is 14.3. The number of aromatic nitrogens is 1. The predicted molar refractivity (Wildman–Crippen MR) is 94.4 cm³/mol. The molecule has 3 aromatic rings. The van der Waals surface area contributed by atoms with Crippen LogP contribution >= 0.6 is 23.2 Å². The first-order valence-electron chi connectivity index (χ1n) is 7.53. The average Bonchev–Trinajstić information content (AvgIpc) is 2.83. The van der Waals surface area contributed by atoms with E-state index in [9.17, 15) is 9.18 Å². The number of nitrogens with zero attached hydrogens (tertiary/aromatic N) is 1. The second kappa shape index (κ2) is 5.50. The van der Waals surface area contributed by atoms with Gasteiger partial charge in [-0.1, -0.05) is 29.3 Å². The van der Waals surface area contributed by atoms with Gasteiger partial charge in [-0.15, -0.1) is 0 Å². The summed E-state index contributed by atoms with van der Waals surface area (Å²) in [5.41, 5.74) is 3.68. The third-order valence-electron chi connectivity index (χ3n) is 4.44. The lowest BCUT2D eigenvalue weighted by atomic mass is 10.0. The molecule has 6 heteroatoms. The summed E-state index contributed by atoms with van der Waals surface area (Å²) >= 11 is 12.1. The lowest BCUT2D eigenvalue weighted by Gasteiger charge is -2.18. The third-order valence-corrected chi connectivity index (χ3v) is 5.18. The average molecular weight is 363 g/mol. The molecule has 1 amide bonds. The molecule has 24 heavy (non-hydrogen) atoms. The highest BCUT2D eigenvalue weighted by Gasteiger charge is 2.25. The number of hydrogen-bond donors (Lipinski definition) is 1. The van der Waals surface area contributed by atoms with Gasteiger partial charge in [-0.25, -0.2) is 4.39 Å². The van der Waals surface area contributed by atoms with E-state index >= 15 is 0 Å². The van der Waals surface area contributed by atoms with E-state index in [4.69, 9.17) is 23.2 Å². The van der Waals surface area contributed by atoms with Gasteiger partial charge in [0.1, 0.15) is 11.5 Å². The number of carbonyl (C=O) groups is 1. The second-order valence-corrected chi connectivity index (χ2v) is 6.67. The number of fused-ring (bicyclic) bond motifs is 3. The fourth-order valence-corrected chi connectivity index (χ4v) is 3.68. The Bertz CT molecular complexity index is 1010. The lowest BCUT2D eigenvalue weighted by Crippen LogP contribution is -2.35. The minimum atomic E-state index is -0.352. The standard InChI is InChI=1S/C18H13Cl2FN2O/c1-9-12-7-11(21)8-13(10-2-3-14(19)15(20)6-10)17(12)23-5-4-22-18(24)16(9)23/h2-3,6-8H,4-5H2,1H3,(H,22,24). The summed E-state index contributed by atoms with van der Waals surface area (Å²) in [6.07, 6.45) is 0. The zero-order chi connectivity index (χ0) is 17.0. The van der Waals surface area contributed by atoms with Crippen molar-refractivity contribution in [1.82, 2.24) is 9.88 Å². The number of rotatable bonds is 1. The molecule has 3 nitrogen and oxygen atoms in total. The SMILES string of the molecule is Cc1c2n(c3c(-c4ccc(Cl)c(Cl)c4)cc(F)cc13)CCNC2=O. The summed E-state index contributed by atoms with van der Waals surface area (Å²) in [4.78, 5) is 12.2. The van der Waals surface area contributed by atoms with Crippen LogP contribution in [0.15, 0.2) is 30.3 Å². The molecule has 0 fully saturated rings. The Morgan fingerprint density at radius 2 is 1.96 bits per heavy atom. The van der Waals surface area contributed by atoms with E-state index in [1.165, 1.54) is 12.1 Å². The molecule has 1 aliphatic heterocycles. The van der Waals surface area contributed by atoms with E-state index in [1.807, 2.05) is 11.5 Å². The van der Waals surface area contributed by atoms with Crippen molar-refractivity contribution in [1.29, 1.82) is 0 Å². The largest absolute Gasteiger partial charge is 0.349 e. The highest BCUT2D eigenvalue weighted by molar-refractivity contribution is 6.42. The van der Waals surface area contributed by atoms with Crippen LogP contribution in [0.3, 0.4) is 0 Å². The Morgan fingerprint density at radius 3 is 2.71 bits per heavy atom. The second-order valence-electron chi connectivity index (χ2n) is 5.86. The van der Waals surface area contributed by atoms with E-state index in [1.54, 1.807) is 18.2 Å². The Hall–Kier alpha value is -2.04. The maximum Gasteiger partial charge on any atom is 0.268 e. The van der Waals surface area contributed by atoms with E-state index in [0.717, 1.165) is 22.0 Å². The number of benzene rings is 2. The molecule has 1 aliphatic rings. The molecule has 0 aliphatic carbocycles. The highest BCUT2D eigenvalue weighted by atomic mass is 35.5. The first-order valence-corrected chi connectivity index (χ1v) is 8.29. The van der Waals surface area contributed by atoms with Crippen LogP contribution in [0.5, 0.6) is 0 Å². The molecular formula is C18H13Cl2FN2O. The van der Waals surface area contributed by atoms with Crippen molar-refractivity contribution < 1.29 is 9.18 Å². The van der Waals surface area contributed by atoms with Crippen molar-refractivity contribution in [3.63, 3.8) is 0 Å². The van der Waals surface area contributed by atoms with Gasteiger partial charge in [-0.2, -0.15) is 0 Å². The number of nitrogens with one attached hydrogen (secondary N) is 1. The smallest absolute Gasteiger partial charge is 0.268 e. The van der Waals surface area contributed by atoms with Crippen molar-refractivity contribution >= 4 is 40.0 Å². The number of aryl methyl sites for hydroxylation is 1. The predicted octanol–water partition coefficient (Wildman–Crippen LogP) is 4.81. The Morgan fingerprint density at radius 1 is 1.17 bits per heavy atom. The third kappa shape index (κ3) is 2.21. The van der Waals surface area contributed by atoms with Crippen LogP contribution in [0.1, 0.15) is 16.1 Å². The molecule has 0 radical (unpaired) electrons. The minimum Gasteiger partial charge on any atom is -0.349 e. The fraction of sp³-hybridized carbons (Fsp3) is 0.167. The summed E-state index contributed by atoms with van der Waals surface area (Å²) in [7, 11) is 0. The van der Waals surface area contributed by atoms with Gasteiger partial charge >= 0.3 is 0 Å². The maximum atomic E-state index is 14.2. The molecule has 0 saturated heterocycles. The van der Waals surface area contributed by atoms with Crippen molar-refractivity contribution in [2.45, 2.75) is 13.5 Å². The molecule has 0 spiro atoms. The van der Waals surface area contributed by atoms with Crippen LogP contribution in [0.4, 0.5) is 4.39 Å². The van der Waals surface area contributed by atoms with E-state index < -0.39 is 0 Å². The number of hydrogen-bond acceptors (Lipinski definition) is 1. The molecule has 2 aromatic carbocycles. The van der Waals surface area contributed by atoms with Crippen LogP contribution in [0.25, 0.3) is 22.0 Å². The Balaban J connectivity index is 2.10. The molecule has 1 aromatic heterocycles. The van der Waals surface area contributed by atoms with Gasteiger partial charge in [0.05, 0.1) is 15.6 Å². The molecule has 1 N–H and O–H groups in total. The molecular weight excluding hydrogens is 350 g/mol. The van der Waals surface area contributed by atoms with Crippen molar-refractivity contribution in [3.8, 4) is 11.1 Å². The van der Waals surface area contributed by atoms with Crippen LogP contribution in [0.2, 0.25) is 10.0 Å². The van der Waals surface area contributed by atoms with Crippen LogP contribution in [-0.4, -0.2) is 17.0 Å². The summed E-state index contributed by atoms with van der Waals surface area (Å²) in [6.45, 7) is 3.04. The maximum absolute atomic E-state index is 14.2. The van der Waals surface area contributed by atoms with E-state index in [0.29, 0.717) is 34.4 Å². The zero-order valence-electron chi connectivity index (χ0n) is 12.8. The minimum absolute atomic E-state index is 0.129. The number of carbonyl (C=O) groups excluding carboxylic acids is 1. The molecule has 0 atom stereocenters. The van der Waals surface area contributed by atoms with Gasteiger partial charge in [0.15, 0.2) is 0 Å². The highest BCUT2D eigenvalue weighted by Crippen LogP contribution is 2.37. The van der Waals surface area contributed by atoms with Crippen molar-refractivity contribution in [3.05, 3.63) is 57.5 Å². The summed E-state index contributed by atoms with van der Waals surface area (Å²) < 4.78 is 16.2. The lowest BCUT2D eigenvalue weighted by molar-refractivity contribution is 0.0928. The molecule has 122 valence electrons. The topological polar surface area (TPSA) is 34.0 Å². The number of amides is 1. The van der Waals surface area contributed by atoms with Crippen LogP contribution < -0.4 is 5.32 Å². The van der Waals surface area contributed by atoms with Gasteiger partial charge in [0.2, 0.25) is 0 Å². The normalized spacial score (nSPS) is 13.9. The van der Waals surface area contributed by atoms with Gasteiger partial charge in [-0.05, 0) is 42.3 Å². The van der Waals surface area contributed by atoms with Gasteiger partial charge in [0, 0.05) is 24.0 Å². The molecule has 4 rings (SSSR count). The quantitative estimate of drug-likeness (QED) is 0.662. The summed E-state index contributed by atoms with van der Waals surface area (Å²) in [5, 5.41) is 4.43. The summed E-state index contributed by atoms with van der Waals surface area (Å²) in [5.74, 6) is -0.481. The van der Waals surface area contributed by atoms with Gasteiger partial charge in [-0.3, -0.25) is 4.79 Å². The van der Waals surface area contributed by atoms with Crippen LogP contribution in [-0.2, 0) is 6.54 Å².